The number of carboxylic acid groups (broad SMARTS) is 1. The second-order valence-corrected chi connectivity index (χ2v) is 6.17. The van der Waals surface area contributed by atoms with Crippen LogP contribution >= 0.6 is 11.3 Å². The fourth-order valence-corrected chi connectivity index (χ4v) is 3.17. The van der Waals surface area contributed by atoms with Crippen molar-refractivity contribution in [1.29, 1.82) is 0 Å². The van der Waals surface area contributed by atoms with Crippen molar-refractivity contribution in [2.75, 3.05) is 13.6 Å². The average Bonchev–Trinajstić information content (AvgIpc) is 2.68. The number of nitrogens with zero attached hydrogens (tertiary/aromatic N) is 1. The molecule has 1 fully saturated rings. The molecule has 1 aromatic heterocycles. The van der Waals surface area contributed by atoms with Crippen molar-refractivity contribution in [3.8, 4) is 0 Å². The van der Waals surface area contributed by atoms with Crippen LogP contribution in [0.3, 0.4) is 0 Å². The van der Waals surface area contributed by atoms with Crippen LogP contribution < -0.4 is 0 Å². The predicted molar refractivity (Wildman–Crippen MR) is 74.7 cm³/mol. The molecule has 2 rings (SSSR count). The molecule has 1 N–H and O–H groups in total. The van der Waals surface area contributed by atoms with Gasteiger partial charge in [-0.25, -0.2) is 4.79 Å². The van der Waals surface area contributed by atoms with Crippen LogP contribution in [0.4, 0.5) is 0 Å². The third kappa shape index (κ3) is 3.96. The van der Waals surface area contributed by atoms with Crippen LogP contribution in [0.1, 0.15) is 29.0 Å². The Morgan fingerprint density at radius 1 is 1.56 bits per heavy atom. The molecule has 0 spiro atoms. The molecule has 0 aromatic carbocycles. The standard InChI is InChI=1S/C14H19NO2S/c1-15(9-11-3-2-4-11)10-13-6-5-12(18-13)7-8-14(16)17/h5-8,11H,2-4,9-10H2,1H3,(H,16,17). The van der Waals surface area contributed by atoms with Gasteiger partial charge in [0.15, 0.2) is 0 Å². The molecule has 0 bridgehead atoms. The second kappa shape index (κ2) is 6.16. The summed E-state index contributed by atoms with van der Waals surface area (Å²) in [5.74, 6) is -0.00612. The number of aliphatic carboxylic acids is 1. The molecule has 1 saturated carbocycles. The topological polar surface area (TPSA) is 40.5 Å². The van der Waals surface area contributed by atoms with Crippen molar-refractivity contribution in [1.82, 2.24) is 4.90 Å². The lowest BCUT2D eigenvalue weighted by atomic mass is 9.85. The van der Waals surface area contributed by atoms with Gasteiger partial charge in [0.25, 0.3) is 0 Å². The minimum atomic E-state index is -0.896. The van der Waals surface area contributed by atoms with E-state index in [4.69, 9.17) is 5.11 Å². The second-order valence-electron chi connectivity index (χ2n) is 4.97. The Balaban J connectivity index is 1.83. The van der Waals surface area contributed by atoms with Gasteiger partial charge in [-0.15, -0.1) is 11.3 Å². The molecular formula is C14H19NO2S. The van der Waals surface area contributed by atoms with Crippen molar-refractivity contribution in [2.24, 2.45) is 5.92 Å². The van der Waals surface area contributed by atoms with Crippen LogP contribution in [-0.2, 0) is 11.3 Å². The molecule has 0 amide bonds. The molecular weight excluding hydrogens is 246 g/mol. The molecule has 0 atom stereocenters. The summed E-state index contributed by atoms with van der Waals surface area (Å²) in [5, 5.41) is 8.57. The molecule has 4 heteroatoms. The number of thiophene rings is 1. The Kier molecular flexibility index (Phi) is 4.55. The molecule has 0 saturated heterocycles. The predicted octanol–water partition coefficient (Wildman–Crippen LogP) is 3.08. The molecule has 1 aliphatic rings. The summed E-state index contributed by atoms with van der Waals surface area (Å²) < 4.78 is 0. The molecule has 0 unspecified atom stereocenters. The molecule has 3 nitrogen and oxygen atoms in total. The summed E-state index contributed by atoms with van der Waals surface area (Å²) >= 11 is 1.66. The van der Waals surface area contributed by atoms with Crippen molar-refractivity contribution >= 4 is 23.4 Å². The first kappa shape index (κ1) is 13.3. The highest BCUT2D eigenvalue weighted by Crippen LogP contribution is 2.27. The summed E-state index contributed by atoms with van der Waals surface area (Å²) in [5.41, 5.74) is 0. The Labute approximate surface area is 112 Å². The number of rotatable bonds is 6. The molecule has 18 heavy (non-hydrogen) atoms. The summed E-state index contributed by atoms with van der Waals surface area (Å²) in [6, 6.07) is 4.07. The minimum absolute atomic E-state index is 0.890. The van der Waals surface area contributed by atoms with Gasteiger partial charge in [-0.2, -0.15) is 0 Å². The maximum atomic E-state index is 10.4. The number of hydrogen-bond donors (Lipinski definition) is 1. The van der Waals surface area contributed by atoms with E-state index in [1.807, 2.05) is 6.07 Å². The smallest absolute Gasteiger partial charge is 0.328 e. The van der Waals surface area contributed by atoms with E-state index in [0.717, 1.165) is 17.3 Å². The number of hydrogen-bond acceptors (Lipinski definition) is 3. The molecule has 0 radical (unpaired) electrons. The van der Waals surface area contributed by atoms with Gasteiger partial charge < -0.3 is 10.0 Å². The van der Waals surface area contributed by atoms with Gasteiger partial charge in [0, 0.05) is 28.9 Å². The van der Waals surface area contributed by atoms with Crippen LogP contribution in [0.15, 0.2) is 18.2 Å². The van der Waals surface area contributed by atoms with Gasteiger partial charge in [-0.3, -0.25) is 0 Å². The lowest BCUT2D eigenvalue weighted by molar-refractivity contribution is -0.131. The zero-order chi connectivity index (χ0) is 13.0. The Morgan fingerprint density at radius 2 is 2.33 bits per heavy atom. The third-order valence-corrected chi connectivity index (χ3v) is 4.33. The normalized spacial score (nSPS) is 16.3. The van der Waals surface area contributed by atoms with E-state index in [2.05, 4.69) is 18.0 Å². The van der Waals surface area contributed by atoms with E-state index < -0.39 is 5.97 Å². The van der Waals surface area contributed by atoms with Crippen molar-refractivity contribution < 1.29 is 9.90 Å². The van der Waals surface area contributed by atoms with E-state index in [1.165, 1.54) is 36.8 Å². The first-order valence-corrected chi connectivity index (χ1v) is 7.13. The van der Waals surface area contributed by atoms with Gasteiger partial charge in [0.2, 0.25) is 0 Å². The Hall–Kier alpha value is -1.13. The Morgan fingerprint density at radius 3 is 2.94 bits per heavy atom. The maximum Gasteiger partial charge on any atom is 0.328 e. The summed E-state index contributed by atoms with van der Waals surface area (Å²) in [6.07, 6.45) is 6.99. The summed E-state index contributed by atoms with van der Waals surface area (Å²) in [7, 11) is 2.16. The van der Waals surface area contributed by atoms with E-state index in [0.29, 0.717) is 0 Å². The van der Waals surface area contributed by atoms with Gasteiger partial charge in [0.05, 0.1) is 0 Å². The van der Waals surface area contributed by atoms with Crippen LogP contribution in [0, 0.1) is 5.92 Å². The fraction of sp³-hybridized carbons (Fsp3) is 0.500. The maximum absolute atomic E-state index is 10.4. The van der Waals surface area contributed by atoms with Crippen LogP contribution in [-0.4, -0.2) is 29.6 Å². The molecule has 1 heterocycles. The van der Waals surface area contributed by atoms with Gasteiger partial charge in [-0.1, -0.05) is 6.42 Å². The van der Waals surface area contributed by atoms with E-state index in [1.54, 1.807) is 17.4 Å². The summed E-state index contributed by atoms with van der Waals surface area (Å²) in [4.78, 5) is 15.1. The minimum Gasteiger partial charge on any atom is -0.478 e. The molecule has 98 valence electrons. The SMILES string of the molecule is CN(Cc1ccc(C=CC(=O)O)s1)CC1CCC1. The number of carbonyl (C=O) groups is 1. The van der Waals surface area contributed by atoms with Gasteiger partial charge in [0.1, 0.15) is 0 Å². The largest absolute Gasteiger partial charge is 0.478 e. The van der Waals surface area contributed by atoms with Gasteiger partial charge in [-0.05, 0) is 44.0 Å². The first-order valence-electron chi connectivity index (χ1n) is 6.32. The third-order valence-electron chi connectivity index (χ3n) is 3.29. The molecule has 0 aliphatic heterocycles. The highest BCUT2D eigenvalue weighted by Gasteiger charge is 2.19. The zero-order valence-electron chi connectivity index (χ0n) is 10.6. The van der Waals surface area contributed by atoms with E-state index in [9.17, 15) is 4.79 Å². The van der Waals surface area contributed by atoms with Crippen molar-refractivity contribution in [2.45, 2.75) is 25.8 Å². The summed E-state index contributed by atoms with van der Waals surface area (Å²) in [6.45, 7) is 2.14. The molecule has 1 aromatic rings. The lowest BCUT2D eigenvalue weighted by Crippen LogP contribution is -2.28. The van der Waals surface area contributed by atoms with Gasteiger partial charge >= 0.3 is 5.97 Å². The fourth-order valence-electron chi connectivity index (χ4n) is 2.17. The highest BCUT2D eigenvalue weighted by molar-refractivity contribution is 7.12. The van der Waals surface area contributed by atoms with Crippen LogP contribution in [0.25, 0.3) is 6.08 Å². The quantitative estimate of drug-likeness (QED) is 0.804. The molecule has 1 aliphatic carbocycles. The van der Waals surface area contributed by atoms with E-state index >= 15 is 0 Å². The zero-order valence-corrected chi connectivity index (χ0v) is 11.4. The average molecular weight is 265 g/mol. The van der Waals surface area contributed by atoms with Crippen LogP contribution in [0.2, 0.25) is 0 Å². The first-order chi connectivity index (χ1) is 8.63. The van der Waals surface area contributed by atoms with Crippen LogP contribution in [0.5, 0.6) is 0 Å². The van der Waals surface area contributed by atoms with E-state index in [-0.39, 0.29) is 0 Å². The van der Waals surface area contributed by atoms with Crippen molar-refractivity contribution in [3.05, 3.63) is 28.0 Å². The Bertz CT molecular complexity index is 435. The highest BCUT2D eigenvalue weighted by atomic mass is 32.1. The monoisotopic (exact) mass is 265 g/mol. The lowest BCUT2D eigenvalue weighted by Gasteiger charge is -2.29. The van der Waals surface area contributed by atoms with Crippen molar-refractivity contribution in [3.63, 3.8) is 0 Å². The number of carboxylic acids is 1.